The first-order valence-corrected chi connectivity index (χ1v) is 12.1. The average Bonchev–Trinajstić information content (AvgIpc) is 3.40. The van der Waals surface area contributed by atoms with E-state index in [-0.39, 0.29) is 31.1 Å². The predicted octanol–water partition coefficient (Wildman–Crippen LogP) is 5.07. The first kappa shape index (κ1) is 26.3. The molecule has 7 nitrogen and oxygen atoms in total. The Morgan fingerprint density at radius 1 is 0.919 bits per heavy atom. The van der Waals surface area contributed by atoms with Crippen molar-refractivity contribution in [1.82, 2.24) is 14.7 Å². The van der Waals surface area contributed by atoms with Crippen molar-refractivity contribution in [2.75, 3.05) is 38.0 Å². The summed E-state index contributed by atoms with van der Waals surface area (Å²) >= 11 is 0. The topological polar surface area (TPSA) is 69.0 Å². The van der Waals surface area contributed by atoms with Crippen LogP contribution in [0.2, 0.25) is 0 Å². The summed E-state index contributed by atoms with van der Waals surface area (Å²) in [5, 5.41) is 2.36. The molecule has 1 fully saturated rings. The van der Waals surface area contributed by atoms with Gasteiger partial charge in [0.2, 0.25) is 5.91 Å². The molecule has 1 N–H and O–H groups in total. The lowest BCUT2D eigenvalue weighted by Gasteiger charge is -2.35. The van der Waals surface area contributed by atoms with Gasteiger partial charge in [0, 0.05) is 45.7 Å². The van der Waals surface area contributed by atoms with Crippen molar-refractivity contribution >= 4 is 17.6 Å². The number of furan rings is 1. The second kappa shape index (κ2) is 12.0. The Bertz CT molecular complexity index is 1160. The summed E-state index contributed by atoms with van der Waals surface area (Å²) in [7, 11) is 0. The molecule has 1 aromatic heterocycles. The second-order valence-electron chi connectivity index (χ2n) is 8.87. The zero-order chi connectivity index (χ0) is 26.3. The second-order valence-corrected chi connectivity index (χ2v) is 8.87. The number of amides is 3. The maximum Gasteiger partial charge on any atom is 0.418 e. The van der Waals surface area contributed by atoms with Crippen molar-refractivity contribution in [1.29, 1.82) is 0 Å². The van der Waals surface area contributed by atoms with Crippen LogP contribution in [0.15, 0.2) is 77.4 Å². The van der Waals surface area contributed by atoms with Crippen molar-refractivity contribution in [3.63, 3.8) is 0 Å². The van der Waals surface area contributed by atoms with Crippen LogP contribution >= 0.6 is 0 Å². The summed E-state index contributed by atoms with van der Waals surface area (Å²) in [6.07, 6.45) is -3.12. The number of benzene rings is 2. The zero-order valence-corrected chi connectivity index (χ0v) is 20.3. The number of alkyl halides is 3. The number of halogens is 3. The van der Waals surface area contributed by atoms with Crippen molar-refractivity contribution in [3.8, 4) is 0 Å². The molecule has 4 rings (SSSR count). The van der Waals surface area contributed by atoms with E-state index in [1.165, 1.54) is 34.9 Å². The third kappa shape index (κ3) is 7.36. The van der Waals surface area contributed by atoms with E-state index in [0.717, 1.165) is 25.7 Å². The molecule has 10 heteroatoms. The number of piperazine rings is 1. The van der Waals surface area contributed by atoms with Gasteiger partial charge in [-0.2, -0.15) is 13.2 Å². The van der Waals surface area contributed by atoms with Gasteiger partial charge in [-0.25, -0.2) is 4.79 Å². The highest BCUT2D eigenvalue weighted by atomic mass is 19.4. The van der Waals surface area contributed by atoms with E-state index in [0.29, 0.717) is 18.8 Å². The molecule has 1 aliphatic rings. The molecule has 2 aromatic carbocycles. The van der Waals surface area contributed by atoms with Gasteiger partial charge in [-0.05, 0) is 29.8 Å². The molecule has 2 heterocycles. The number of hydrogen-bond acceptors (Lipinski definition) is 4. The maximum atomic E-state index is 13.4. The fraction of sp³-hybridized carbons (Fsp3) is 0.333. The number of nitrogens with one attached hydrogen (secondary N) is 1. The molecule has 0 atom stereocenters. The minimum Gasteiger partial charge on any atom is -0.467 e. The Morgan fingerprint density at radius 3 is 2.30 bits per heavy atom. The Labute approximate surface area is 213 Å². The highest BCUT2D eigenvalue weighted by Crippen LogP contribution is 2.34. The van der Waals surface area contributed by atoms with Crippen LogP contribution in [0, 0.1) is 0 Å². The van der Waals surface area contributed by atoms with Gasteiger partial charge in [0.1, 0.15) is 5.76 Å². The molecule has 1 aliphatic heterocycles. The number of hydrogen-bond donors (Lipinski definition) is 1. The molecular formula is C27H29F3N4O3. The van der Waals surface area contributed by atoms with E-state index >= 15 is 0 Å². The molecule has 3 amide bonds. The van der Waals surface area contributed by atoms with Gasteiger partial charge in [-0.1, -0.05) is 42.5 Å². The van der Waals surface area contributed by atoms with E-state index in [2.05, 4.69) is 22.3 Å². The molecule has 37 heavy (non-hydrogen) atoms. The van der Waals surface area contributed by atoms with Crippen LogP contribution in [0.3, 0.4) is 0 Å². The minimum absolute atomic E-state index is 0.0190. The Morgan fingerprint density at radius 2 is 1.62 bits per heavy atom. The standard InChI is InChI=1S/C27H29F3N4O3/c28-27(29,30)23-10-4-5-11-24(23)31-26(36)34(20-22-9-6-18-37-22)13-12-25(35)33-16-14-32(15-17-33)19-21-7-2-1-3-8-21/h1-11,18H,12-17,19-20H2,(H,31,36). The van der Waals surface area contributed by atoms with Crippen LogP contribution in [-0.2, 0) is 24.1 Å². The summed E-state index contributed by atoms with van der Waals surface area (Å²) in [5.41, 5.74) is -0.0648. The zero-order valence-electron chi connectivity index (χ0n) is 20.3. The quantitative estimate of drug-likeness (QED) is 0.456. The molecule has 0 bridgehead atoms. The number of rotatable bonds is 8. The van der Waals surface area contributed by atoms with Crippen LogP contribution in [0.25, 0.3) is 0 Å². The van der Waals surface area contributed by atoms with Crippen LogP contribution in [0.1, 0.15) is 23.3 Å². The van der Waals surface area contributed by atoms with E-state index in [4.69, 9.17) is 4.42 Å². The van der Waals surface area contributed by atoms with E-state index in [1.807, 2.05) is 18.2 Å². The average molecular weight is 515 g/mol. The molecular weight excluding hydrogens is 485 g/mol. The van der Waals surface area contributed by atoms with Crippen LogP contribution in [0.4, 0.5) is 23.7 Å². The number of para-hydroxylation sites is 1. The summed E-state index contributed by atoms with van der Waals surface area (Å²) in [6, 6.07) is 17.5. The lowest BCUT2D eigenvalue weighted by atomic mass is 10.1. The fourth-order valence-electron chi connectivity index (χ4n) is 4.26. The summed E-state index contributed by atoms with van der Waals surface area (Å²) in [4.78, 5) is 31.3. The first-order valence-electron chi connectivity index (χ1n) is 12.1. The molecule has 1 saturated heterocycles. The Balaban J connectivity index is 1.34. The van der Waals surface area contributed by atoms with Gasteiger partial charge in [-0.3, -0.25) is 9.69 Å². The first-order chi connectivity index (χ1) is 17.8. The molecule has 0 radical (unpaired) electrons. The Kier molecular flexibility index (Phi) is 8.50. The predicted molar refractivity (Wildman–Crippen MR) is 132 cm³/mol. The van der Waals surface area contributed by atoms with Gasteiger partial charge in [0.25, 0.3) is 0 Å². The van der Waals surface area contributed by atoms with Gasteiger partial charge in [0.05, 0.1) is 24.1 Å². The Hall–Kier alpha value is -3.79. The van der Waals surface area contributed by atoms with Crippen molar-refractivity contribution < 1.29 is 27.2 Å². The molecule has 0 saturated carbocycles. The highest BCUT2D eigenvalue weighted by molar-refractivity contribution is 5.90. The summed E-state index contributed by atoms with van der Waals surface area (Å²) < 4.78 is 45.5. The van der Waals surface area contributed by atoms with Crippen LogP contribution < -0.4 is 5.32 Å². The van der Waals surface area contributed by atoms with E-state index in [1.54, 1.807) is 17.0 Å². The van der Waals surface area contributed by atoms with Crippen LogP contribution in [-0.4, -0.2) is 59.4 Å². The van der Waals surface area contributed by atoms with E-state index < -0.39 is 17.8 Å². The van der Waals surface area contributed by atoms with Crippen molar-refractivity contribution in [2.24, 2.45) is 0 Å². The minimum atomic E-state index is -4.62. The third-order valence-electron chi connectivity index (χ3n) is 6.26. The number of urea groups is 1. The largest absolute Gasteiger partial charge is 0.467 e. The summed E-state index contributed by atoms with van der Waals surface area (Å²) in [6.45, 7) is 3.51. The van der Waals surface area contributed by atoms with Gasteiger partial charge >= 0.3 is 12.2 Å². The van der Waals surface area contributed by atoms with E-state index in [9.17, 15) is 22.8 Å². The lowest BCUT2D eigenvalue weighted by Crippen LogP contribution is -2.49. The third-order valence-corrected chi connectivity index (χ3v) is 6.26. The molecule has 0 spiro atoms. The number of anilines is 1. The van der Waals surface area contributed by atoms with Crippen molar-refractivity contribution in [3.05, 3.63) is 89.9 Å². The number of carbonyl (C=O) groups is 2. The molecule has 3 aromatic rings. The highest BCUT2D eigenvalue weighted by Gasteiger charge is 2.34. The molecule has 0 unspecified atom stereocenters. The smallest absolute Gasteiger partial charge is 0.418 e. The summed E-state index contributed by atoms with van der Waals surface area (Å²) in [5.74, 6) is 0.355. The molecule has 196 valence electrons. The fourth-order valence-corrected chi connectivity index (χ4v) is 4.26. The monoisotopic (exact) mass is 514 g/mol. The number of nitrogens with zero attached hydrogens (tertiary/aromatic N) is 3. The van der Waals surface area contributed by atoms with Gasteiger partial charge in [0.15, 0.2) is 0 Å². The van der Waals surface area contributed by atoms with Gasteiger partial charge in [-0.15, -0.1) is 0 Å². The lowest BCUT2D eigenvalue weighted by molar-refractivity contribution is -0.137. The normalized spacial score (nSPS) is 14.4. The van der Waals surface area contributed by atoms with Crippen LogP contribution in [0.5, 0.6) is 0 Å². The molecule has 0 aliphatic carbocycles. The van der Waals surface area contributed by atoms with Gasteiger partial charge < -0.3 is 19.5 Å². The maximum absolute atomic E-state index is 13.4. The number of carbonyl (C=O) groups excluding carboxylic acids is 2. The SMILES string of the molecule is O=C(CCN(Cc1ccco1)C(=O)Nc1ccccc1C(F)(F)F)N1CCN(Cc2ccccc2)CC1. The van der Waals surface area contributed by atoms with Crippen molar-refractivity contribution in [2.45, 2.75) is 25.7 Å².